The third-order valence-electron chi connectivity index (χ3n) is 2.95. The smallest absolute Gasteiger partial charge is 0.159 e. The maximum Gasteiger partial charge on any atom is 0.159 e. The van der Waals surface area contributed by atoms with E-state index >= 15 is 0 Å². The minimum atomic E-state index is 0.153. The van der Waals surface area contributed by atoms with Crippen LogP contribution in [0.3, 0.4) is 0 Å². The first-order valence-electron chi connectivity index (χ1n) is 5.65. The Balaban J connectivity index is 2.31. The van der Waals surface area contributed by atoms with Crippen molar-refractivity contribution in [2.24, 2.45) is 0 Å². The average Bonchev–Trinajstić information content (AvgIpc) is 2.18. The Bertz CT molecular complexity index is 371. The van der Waals surface area contributed by atoms with E-state index in [1.54, 1.807) is 6.92 Å². The summed E-state index contributed by atoms with van der Waals surface area (Å²) in [6, 6.07) is 5.99. The molecule has 1 aliphatic heterocycles. The molecule has 15 heavy (non-hydrogen) atoms. The molecule has 0 unspecified atom stereocenters. The number of anilines is 1. The summed E-state index contributed by atoms with van der Waals surface area (Å²) in [6.45, 7) is 2.67. The lowest BCUT2D eigenvalue weighted by atomic mass is 9.99. The van der Waals surface area contributed by atoms with Gasteiger partial charge < -0.3 is 5.32 Å². The summed E-state index contributed by atoms with van der Waals surface area (Å²) < 4.78 is 0. The van der Waals surface area contributed by atoms with Gasteiger partial charge in [-0.25, -0.2) is 0 Å². The Morgan fingerprint density at radius 1 is 1.27 bits per heavy atom. The summed E-state index contributed by atoms with van der Waals surface area (Å²) in [5.74, 6) is 0.153. The molecule has 0 atom stereocenters. The lowest BCUT2D eigenvalue weighted by Crippen LogP contribution is -2.08. The number of Topliss-reactive ketones (excluding diaryl/α,β-unsaturated/α-hetero) is 1. The van der Waals surface area contributed by atoms with Gasteiger partial charge in [0.15, 0.2) is 5.78 Å². The molecule has 0 amide bonds. The van der Waals surface area contributed by atoms with E-state index in [9.17, 15) is 4.79 Å². The second kappa shape index (κ2) is 4.47. The standard InChI is InChI=1S/C13H17NO/c1-10(15)11-6-7-13-12(9-11)5-3-2-4-8-14-13/h6-7,9,14H,2-5,8H2,1H3. The highest BCUT2D eigenvalue weighted by atomic mass is 16.1. The molecule has 0 fully saturated rings. The third-order valence-corrected chi connectivity index (χ3v) is 2.95. The van der Waals surface area contributed by atoms with Crippen molar-refractivity contribution in [3.05, 3.63) is 29.3 Å². The van der Waals surface area contributed by atoms with E-state index in [2.05, 4.69) is 5.32 Å². The van der Waals surface area contributed by atoms with Gasteiger partial charge in [-0.15, -0.1) is 0 Å². The fourth-order valence-corrected chi connectivity index (χ4v) is 2.03. The van der Waals surface area contributed by atoms with Gasteiger partial charge in [0.05, 0.1) is 0 Å². The maximum atomic E-state index is 11.3. The van der Waals surface area contributed by atoms with E-state index in [-0.39, 0.29) is 5.78 Å². The molecule has 0 aromatic heterocycles. The topological polar surface area (TPSA) is 29.1 Å². The lowest BCUT2D eigenvalue weighted by molar-refractivity contribution is 0.101. The van der Waals surface area contributed by atoms with Crippen LogP contribution in [0, 0.1) is 0 Å². The molecule has 0 saturated carbocycles. The van der Waals surface area contributed by atoms with Crippen molar-refractivity contribution in [1.29, 1.82) is 0 Å². The van der Waals surface area contributed by atoms with Crippen LogP contribution >= 0.6 is 0 Å². The van der Waals surface area contributed by atoms with Gasteiger partial charge in [0.25, 0.3) is 0 Å². The van der Waals surface area contributed by atoms with Crippen LogP contribution in [-0.4, -0.2) is 12.3 Å². The predicted octanol–water partition coefficient (Wildman–Crippen LogP) is 3.03. The summed E-state index contributed by atoms with van der Waals surface area (Å²) in [5.41, 5.74) is 3.33. The van der Waals surface area contributed by atoms with E-state index < -0.39 is 0 Å². The van der Waals surface area contributed by atoms with Crippen LogP contribution in [0.2, 0.25) is 0 Å². The number of carbonyl (C=O) groups excluding carboxylic acids is 1. The minimum Gasteiger partial charge on any atom is -0.385 e. The van der Waals surface area contributed by atoms with Crippen LogP contribution in [0.25, 0.3) is 0 Å². The summed E-state index contributed by atoms with van der Waals surface area (Å²) in [7, 11) is 0. The molecule has 80 valence electrons. The number of hydrogen-bond donors (Lipinski definition) is 1. The quantitative estimate of drug-likeness (QED) is 0.711. The molecule has 1 aromatic rings. The van der Waals surface area contributed by atoms with Gasteiger partial charge >= 0.3 is 0 Å². The zero-order chi connectivity index (χ0) is 10.7. The van der Waals surface area contributed by atoms with Crippen molar-refractivity contribution >= 4 is 11.5 Å². The van der Waals surface area contributed by atoms with E-state index in [0.29, 0.717) is 0 Å². The molecular weight excluding hydrogens is 186 g/mol. The normalized spacial score (nSPS) is 15.8. The minimum absolute atomic E-state index is 0.153. The van der Waals surface area contributed by atoms with Crippen molar-refractivity contribution in [1.82, 2.24) is 0 Å². The number of hydrogen-bond acceptors (Lipinski definition) is 2. The van der Waals surface area contributed by atoms with Crippen LogP contribution in [0.4, 0.5) is 5.69 Å². The van der Waals surface area contributed by atoms with Gasteiger partial charge in [-0.2, -0.15) is 0 Å². The Morgan fingerprint density at radius 2 is 2.13 bits per heavy atom. The highest BCUT2D eigenvalue weighted by molar-refractivity contribution is 5.94. The van der Waals surface area contributed by atoms with Gasteiger partial charge in [-0.05, 0) is 49.9 Å². The average molecular weight is 203 g/mol. The van der Waals surface area contributed by atoms with Gasteiger partial charge in [0.2, 0.25) is 0 Å². The molecule has 0 saturated heterocycles. The van der Waals surface area contributed by atoms with Crippen molar-refractivity contribution < 1.29 is 4.79 Å². The van der Waals surface area contributed by atoms with Crippen molar-refractivity contribution in [2.45, 2.75) is 32.6 Å². The van der Waals surface area contributed by atoms with E-state index in [1.165, 1.54) is 30.5 Å². The molecule has 1 heterocycles. The second-order valence-electron chi connectivity index (χ2n) is 4.17. The van der Waals surface area contributed by atoms with Crippen LogP contribution in [-0.2, 0) is 6.42 Å². The predicted molar refractivity (Wildman–Crippen MR) is 62.5 cm³/mol. The van der Waals surface area contributed by atoms with Gasteiger partial charge in [-0.1, -0.05) is 6.42 Å². The Kier molecular flexibility index (Phi) is 3.05. The number of nitrogens with one attached hydrogen (secondary N) is 1. The molecule has 2 heteroatoms. The second-order valence-corrected chi connectivity index (χ2v) is 4.17. The lowest BCUT2D eigenvalue weighted by Gasteiger charge is -2.16. The largest absolute Gasteiger partial charge is 0.385 e. The molecule has 2 nitrogen and oxygen atoms in total. The van der Waals surface area contributed by atoms with Gasteiger partial charge in [-0.3, -0.25) is 4.79 Å². The monoisotopic (exact) mass is 203 g/mol. The molecule has 0 radical (unpaired) electrons. The molecule has 1 aromatic carbocycles. The first kappa shape index (κ1) is 10.2. The first-order valence-corrected chi connectivity index (χ1v) is 5.65. The summed E-state index contributed by atoms with van der Waals surface area (Å²) in [5, 5.41) is 3.42. The highest BCUT2D eigenvalue weighted by Gasteiger charge is 2.08. The van der Waals surface area contributed by atoms with E-state index in [4.69, 9.17) is 0 Å². The number of aryl methyl sites for hydroxylation is 1. The van der Waals surface area contributed by atoms with Crippen LogP contribution in [0.1, 0.15) is 42.1 Å². The van der Waals surface area contributed by atoms with Crippen molar-refractivity contribution in [3.63, 3.8) is 0 Å². The number of ketones is 1. The summed E-state index contributed by atoms with van der Waals surface area (Å²) in [6.07, 6.45) is 4.84. The van der Waals surface area contributed by atoms with Gasteiger partial charge in [0, 0.05) is 17.8 Å². The Labute approximate surface area is 90.7 Å². The fraction of sp³-hybridized carbons (Fsp3) is 0.462. The molecule has 2 rings (SSSR count). The zero-order valence-corrected chi connectivity index (χ0v) is 9.18. The number of fused-ring (bicyclic) bond motifs is 1. The third kappa shape index (κ3) is 2.38. The molecule has 0 spiro atoms. The molecule has 0 aliphatic carbocycles. The van der Waals surface area contributed by atoms with Crippen molar-refractivity contribution in [3.8, 4) is 0 Å². The summed E-state index contributed by atoms with van der Waals surface area (Å²) in [4.78, 5) is 11.3. The molecule has 1 N–H and O–H groups in total. The zero-order valence-electron chi connectivity index (χ0n) is 9.18. The number of benzene rings is 1. The summed E-state index contributed by atoms with van der Waals surface area (Å²) >= 11 is 0. The Morgan fingerprint density at radius 3 is 2.93 bits per heavy atom. The Hall–Kier alpha value is -1.31. The first-order chi connectivity index (χ1) is 7.27. The highest BCUT2D eigenvalue weighted by Crippen LogP contribution is 2.22. The van der Waals surface area contributed by atoms with E-state index in [1.807, 2.05) is 18.2 Å². The maximum absolute atomic E-state index is 11.3. The van der Waals surface area contributed by atoms with Crippen LogP contribution < -0.4 is 5.32 Å². The molecule has 1 aliphatic rings. The number of rotatable bonds is 1. The SMILES string of the molecule is CC(=O)c1ccc2c(c1)CCCCCN2. The van der Waals surface area contributed by atoms with Crippen molar-refractivity contribution in [2.75, 3.05) is 11.9 Å². The molecular formula is C13H17NO. The van der Waals surface area contributed by atoms with E-state index in [0.717, 1.165) is 18.5 Å². The number of carbonyl (C=O) groups is 1. The van der Waals surface area contributed by atoms with Crippen LogP contribution in [0.5, 0.6) is 0 Å². The fourth-order valence-electron chi connectivity index (χ4n) is 2.03. The van der Waals surface area contributed by atoms with Gasteiger partial charge in [0.1, 0.15) is 0 Å². The van der Waals surface area contributed by atoms with Crippen LogP contribution in [0.15, 0.2) is 18.2 Å². The molecule has 0 bridgehead atoms.